The minimum absolute atomic E-state index is 0.194. The van der Waals surface area contributed by atoms with E-state index in [0.717, 1.165) is 31.7 Å². The summed E-state index contributed by atoms with van der Waals surface area (Å²) in [6.07, 6.45) is 3.92. The van der Waals surface area contributed by atoms with E-state index in [1.807, 2.05) is 0 Å². The highest BCUT2D eigenvalue weighted by molar-refractivity contribution is 9.10. The van der Waals surface area contributed by atoms with Crippen LogP contribution in [0, 0.1) is 11.2 Å². The SMILES string of the molecule is O=S(=O)(NCC1(CCl)CCCC1)c1ccc(Br)cc1F. The van der Waals surface area contributed by atoms with Gasteiger partial charge in [0, 0.05) is 16.9 Å². The van der Waals surface area contributed by atoms with Gasteiger partial charge in [0.15, 0.2) is 0 Å². The molecule has 20 heavy (non-hydrogen) atoms. The van der Waals surface area contributed by atoms with Crippen molar-refractivity contribution in [3.8, 4) is 0 Å². The molecule has 0 unspecified atom stereocenters. The molecule has 0 amide bonds. The summed E-state index contributed by atoms with van der Waals surface area (Å²) < 4.78 is 41.1. The number of rotatable bonds is 5. The average Bonchev–Trinajstić information content (AvgIpc) is 2.85. The molecule has 0 atom stereocenters. The summed E-state index contributed by atoms with van der Waals surface area (Å²) in [4.78, 5) is -0.330. The van der Waals surface area contributed by atoms with Crippen LogP contribution in [0.3, 0.4) is 0 Å². The predicted molar refractivity (Wildman–Crippen MR) is 80.9 cm³/mol. The third kappa shape index (κ3) is 3.53. The molecule has 112 valence electrons. The van der Waals surface area contributed by atoms with E-state index in [1.54, 1.807) is 0 Å². The lowest BCUT2D eigenvalue weighted by Gasteiger charge is -2.26. The van der Waals surface area contributed by atoms with E-state index in [4.69, 9.17) is 11.6 Å². The van der Waals surface area contributed by atoms with Crippen LogP contribution in [0.15, 0.2) is 27.6 Å². The van der Waals surface area contributed by atoms with Crippen LogP contribution in [0.1, 0.15) is 25.7 Å². The maximum absolute atomic E-state index is 13.7. The number of halogens is 3. The van der Waals surface area contributed by atoms with Crippen molar-refractivity contribution in [3.05, 3.63) is 28.5 Å². The van der Waals surface area contributed by atoms with Crippen molar-refractivity contribution in [1.29, 1.82) is 0 Å². The largest absolute Gasteiger partial charge is 0.243 e. The van der Waals surface area contributed by atoms with Gasteiger partial charge in [0.05, 0.1) is 0 Å². The van der Waals surface area contributed by atoms with Gasteiger partial charge in [0.25, 0.3) is 0 Å². The molecule has 1 saturated carbocycles. The third-order valence-electron chi connectivity index (χ3n) is 3.77. The minimum atomic E-state index is -3.85. The van der Waals surface area contributed by atoms with Gasteiger partial charge >= 0.3 is 0 Å². The van der Waals surface area contributed by atoms with Crippen molar-refractivity contribution in [1.82, 2.24) is 4.72 Å². The maximum Gasteiger partial charge on any atom is 0.243 e. The highest BCUT2D eigenvalue weighted by Crippen LogP contribution is 2.38. The van der Waals surface area contributed by atoms with Crippen LogP contribution in [0.25, 0.3) is 0 Å². The van der Waals surface area contributed by atoms with Crippen molar-refractivity contribution >= 4 is 37.6 Å². The van der Waals surface area contributed by atoms with Gasteiger partial charge in [-0.1, -0.05) is 28.8 Å². The number of benzene rings is 1. The number of nitrogens with one attached hydrogen (secondary N) is 1. The maximum atomic E-state index is 13.7. The van der Waals surface area contributed by atoms with E-state index in [0.29, 0.717) is 10.4 Å². The van der Waals surface area contributed by atoms with Gasteiger partial charge in [-0.25, -0.2) is 17.5 Å². The molecule has 0 aliphatic heterocycles. The number of sulfonamides is 1. The van der Waals surface area contributed by atoms with Gasteiger partial charge in [0.1, 0.15) is 10.7 Å². The lowest BCUT2D eigenvalue weighted by Crippen LogP contribution is -2.37. The van der Waals surface area contributed by atoms with Gasteiger partial charge < -0.3 is 0 Å². The van der Waals surface area contributed by atoms with Crippen LogP contribution in [0.4, 0.5) is 4.39 Å². The Labute approximate surface area is 132 Å². The topological polar surface area (TPSA) is 46.2 Å². The van der Waals surface area contributed by atoms with Crippen LogP contribution in [-0.2, 0) is 10.0 Å². The Bertz CT molecular complexity index is 588. The van der Waals surface area contributed by atoms with E-state index in [-0.39, 0.29) is 16.9 Å². The lowest BCUT2D eigenvalue weighted by atomic mass is 9.89. The number of alkyl halides is 1. The monoisotopic (exact) mass is 383 g/mol. The fourth-order valence-electron chi connectivity index (χ4n) is 2.50. The van der Waals surface area contributed by atoms with E-state index in [2.05, 4.69) is 20.7 Å². The van der Waals surface area contributed by atoms with Gasteiger partial charge in [0.2, 0.25) is 10.0 Å². The second-order valence-electron chi connectivity index (χ2n) is 5.24. The summed E-state index contributed by atoms with van der Waals surface area (Å²) in [5.41, 5.74) is -0.194. The second kappa shape index (κ2) is 6.30. The number of hydrogen-bond donors (Lipinski definition) is 1. The smallest absolute Gasteiger partial charge is 0.210 e. The van der Waals surface area contributed by atoms with Gasteiger partial charge in [-0.2, -0.15) is 0 Å². The summed E-state index contributed by atoms with van der Waals surface area (Å²) in [6, 6.07) is 3.90. The molecule has 0 radical (unpaired) electrons. The molecule has 7 heteroatoms. The van der Waals surface area contributed by atoms with Gasteiger partial charge in [-0.15, -0.1) is 11.6 Å². The minimum Gasteiger partial charge on any atom is -0.210 e. The first-order valence-electron chi connectivity index (χ1n) is 6.39. The molecule has 3 nitrogen and oxygen atoms in total. The zero-order valence-electron chi connectivity index (χ0n) is 10.8. The van der Waals surface area contributed by atoms with Crippen molar-refractivity contribution in [2.45, 2.75) is 30.6 Å². The summed E-state index contributed by atoms with van der Waals surface area (Å²) >= 11 is 9.08. The second-order valence-corrected chi connectivity index (χ2v) is 8.16. The molecule has 0 aromatic heterocycles. The van der Waals surface area contributed by atoms with Crippen molar-refractivity contribution in [3.63, 3.8) is 0 Å². The van der Waals surface area contributed by atoms with Crippen molar-refractivity contribution in [2.75, 3.05) is 12.4 Å². The first-order valence-corrected chi connectivity index (χ1v) is 9.20. The van der Waals surface area contributed by atoms with Crippen LogP contribution in [0.2, 0.25) is 0 Å². The molecule has 0 heterocycles. The van der Waals surface area contributed by atoms with Crippen molar-refractivity contribution in [2.24, 2.45) is 5.41 Å². The fourth-order valence-corrected chi connectivity index (χ4v) is 4.41. The Balaban J connectivity index is 2.15. The third-order valence-corrected chi connectivity index (χ3v) is 6.26. The Kier molecular flexibility index (Phi) is 5.10. The standard InChI is InChI=1S/C13H16BrClFNO2S/c14-10-3-4-12(11(16)7-10)20(18,19)17-9-13(8-15)5-1-2-6-13/h3-4,7,17H,1-2,5-6,8-9H2. The molecular weight excluding hydrogens is 369 g/mol. The molecule has 1 aliphatic carbocycles. The van der Waals surface area contributed by atoms with Gasteiger partial charge in [-0.3, -0.25) is 0 Å². The highest BCUT2D eigenvalue weighted by Gasteiger charge is 2.34. The van der Waals surface area contributed by atoms with E-state index in [1.165, 1.54) is 12.1 Å². The first kappa shape index (κ1) is 16.2. The van der Waals surface area contributed by atoms with E-state index < -0.39 is 15.8 Å². The molecule has 1 aromatic rings. The Morgan fingerprint density at radius 1 is 1.35 bits per heavy atom. The van der Waals surface area contributed by atoms with Crippen LogP contribution >= 0.6 is 27.5 Å². The molecule has 2 rings (SSSR count). The molecule has 0 bridgehead atoms. The van der Waals surface area contributed by atoms with Crippen molar-refractivity contribution < 1.29 is 12.8 Å². The summed E-state index contributed by atoms with van der Waals surface area (Å²) in [5, 5.41) is 0. The highest BCUT2D eigenvalue weighted by atomic mass is 79.9. The van der Waals surface area contributed by atoms with E-state index in [9.17, 15) is 12.8 Å². The molecule has 0 saturated heterocycles. The lowest BCUT2D eigenvalue weighted by molar-refractivity contribution is 0.342. The average molecular weight is 385 g/mol. The summed E-state index contributed by atoms with van der Waals surface area (Å²) in [6.45, 7) is 0.258. The Morgan fingerprint density at radius 2 is 2.00 bits per heavy atom. The van der Waals surface area contributed by atoms with Crippen LogP contribution < -0.4 is 4.72 Å². The zero-order chi connectivity index (χ0) is 14.8. The molecular formula is C13H16BrClFNO2S. The molecule has 1 N–H and O–H groups in total. The quantitative estimate of drug-likeness (QED) is 0.787. The molecule has 1 fully saturated rings. The zero-order valence-corrected chi connectivity index (χ0v) is 14.0. The predicted octanol–water partition coefficient (Wildman–Crippen LogP) is 3.67. The number of hydrogen-bond acceptors (Lipinski definition) is 2. The van der Waals surface area contributed by atoms with Crippen LogP contribution in [-0.4, -0.2) is 20.8 Å². The molecule has 1 aromatic carbocycles. The summed E-state index contributed by atoms with van der Waals surface area (Å²) in [7, 11) is -3.85. The van der Waals surface area contributed by atoms with Gasteiger partial charge in [-0.05, 0) is 36.5 Å². The Hall–Kier alpha value is -0.170. The summed E-state index contributed by atoms with van der Waals surface area (Å²) in [5.74, 6) is -0.351. The first-order chi connectivity index (χ1) is 9.38. The fraction of sp³-hybridized carbons (Fsp3) is 0.538. The van der Waals surface area contributed by atoms with E-state index >= 15 is 0 Å². The normalized spacial score (nSPS) is 18.4. The Morgan fingerprint density at radius 3 is 2.55 bits per heavy atom. The molecule has 1 aliphatic rings. The van der Waals surface area contributed by atoms with Crippen LogP contribution in [0.5, 0.6) is 0 Å². The molecule has 0 spiro atoms.